The summed E-state index contributed by atoms with van der Waals surface area (Å²) in [4.78, 5) is 22.0. The largest absolute Gasteiger partial charge is 0.481 e. The van der Waals surface area contributed by atoms with Crippen LogP contribution in [0, 0.1) is 0 Å². The van der Waals surface area contributed by atoms with Crippen molar-refractivity contribution in [3.63, 3.8) is 0 Å². The van der Waals surface area contributed by atoms with Gasteiger partial charge in [-0.25, -0.2) is 0 Å². The molecule has 1 aromatic heterocycles. The molecule has 4 rings (SSSR count). The lowest BCUT2D eigenvalue weighted by Gasteiger charge is -2.16. The van der Waals surface area contributed by atoms with Crippen molar-refractivity contribution in [3.05, 3.63) is 54.2 Å². The van der Waals surface area contributed by atoms with Crippen LogP contribution in [-0.2, 0) is 9.59 Å². The molecule has 9 heteroatoms. The number of allylic oxidation sites excluding steroid dienone is 1. The van der Waals surface area contributed by atoms with E-state index in [9.17, 15) is 9.59 Å². The fourth-order valence-electron chi connectivity index (χ4n) is 3.52. The van der Waals surface area contributed by atoms with Crippen LogP contribution in [0.2, 0.25) is 0 Å². The molecule has 0 aliphatic heterocycles. The topological polar surface area (TPSA) is 117 Å². The molecule has 8 nitrogen and oxygen atoms in total. The van der Waals surface area contributed by atoms with Gasteiger partial charge >= 0.3 is 11.9 Å². The number of hydrogen-bond acceptors (Lipinski definition) is 6. The molecule has 0 unspecified atom stereocenters. The zero-order valence-corrected chi connectivity index (χ0v) is 17.6. The summed E-state index contributed by atoms with van der Waals surface area (Å²) in [6.07, 6.45) is 2.55. The van der Waals surface area contributed by atoms with Crippen LogP contribution in [0.4, 0.5) is 5.95 Å². The Kier molecular flexibility index (Phi) is 5.94. The van der Waals surface area contributed by atoms with E-state index in [1.165, 1.54) is 18.4 Å². The number of nitrogens with one attached hydrogen (secondary N) is 1. The Hall–Kier alpha value is -3.33. The van der Waals surface area contributed by atoms with Gasteiger partial charge in [0.1, 0.15) is 0 Å². The number of fused-ring (bicyclic) bond motifs is 1. The van der Waals surface area contributed by atoms with E-state index in [0.29, 0.717) is 22.7 Å². The van der Waals surface area contributed by atoms with Gasteiger partial charge in [-0.1, -0.05) is 48.7 Å². The highest BCUT2D eigenvalue weighted by Crippen LogP contribution is 2.44. The average molecular weight is 439 g/mol. The van der Waals surface area contributed by atoms with Crippen LogP contribution in [0.15, 0.2) is 53.8 Å². The van der Waals surface area contributed by atoms with Crippen LogP contribution in [0.5, 0.6) is 0 Å². The maximum Gasteiger partial charge on any atom is 0.313 e. The number of nitrogens with zero attached hydrogens (tertiary/aromatic N) is 3. The average Bonchev–Trinajstić information content (AvgIpc) is 3.51. The van der Waals surface area contributed by atoms with Gasteiger partial charge in [0.2, 0.25) is 5.95 Å². The van der Waals surface area contributed by atoms with E-state index in [1.54, 1.807) is 4.57 Å². The molecule has 1 fully saturated rings. The minimum atomic E-state index is -0.950. The Balaban J connectivity index is 1.77. The Morgan fingerprint density at radius 3 is 2.48 bits per heavy atom. The molecule has 1 heterocycles. The first kappa shape index (κ1) is 20.9. The summed E-state index contributed by atoms with van der Waals surface area (Å²) in [5.41, 5.74) is 2.63. The zero-order valence-electron chi connectivity index (χ0n) is 16.7. The number of rotatable bonds is 10. The van der Waals surface area contributed by atoms with Gasteiger partial charge in [0.05, 0.1) is 17.9 Å². The fourth-order valence-corrected chi connectivity index (χ4v) is 4.18. The number of carboxylic acid groups (broad SMARTS) is 2. The molecule has 160 valence electrons. The van der Waals surface area contributed by atoms with Gasteiger partial charge in [-0.05, 0) is 42.2 Å². The van der Waals surface area contributed by atoms with E-state index >= 15 is 0 Å². The smallest absolute Gasteiger partial charge is 0.313 e. The lowest BCUT2D eigenvalue weighted by molar-refractivity contribution is -0.137. The monoisotopic (exact) mass is 438 g/mol. The van der Waals surface area contributed by atoms with Crippen molar-refractivity contribution in [2.45, 2.75) is 36.8 Å². The van der Waals surface area contributed by atoms with Crippen molar-refractivity contribution in [1.29, 1.82) is 0 Å². The third kappa shape index (κ3) is 4.72. The molecule has 2 aromatic carbocycles. The molecule has 0 saturated heterocycles. The van der Waals surface area contributed by atoms with E-state index in [1.807, 2.05) is 24.3 Å². The van der Waals surface area contributed by atoms with Crippen molar-refractivity contribution in [2.24, 2.45) is 0 Å². The van der Waals surface area contributed by atoms with E-state index in [-0.39, 0.29) is 18.6 Å². The first-order valence-electron chi connectivity index (χ1n) is 9.92. The Labute approximate surface area is 183 Å². The van der Waals surface area contributed by atoms with E-state index < -0.39 is 11.9 Å². The molecular formula is C22H22N4O4S. The summed E-state index contributed by atoms with van der Waals surface area (Å²) in [6.45, 7) is 3.89. The van der Waals surface area contributed by atoms with E-state index in [0.717, 1.165) is 28.2 Å². The molecule has 1 aliphatic carbocycles. The van der Waals surface area contributed by atoms with Crippen LogP contribution in [0.25, 0.3) is 16.5 Å². The van der Waals surface area contributed by atoms with Gasteiger partial charge in [-0.15, -0.1) is 10.2 Å². The molecule has 31 heavy (non-hydrogen) atoms. The molecule has 3 aromatic rings. The van der Waals surface area contributed by atoms with Gasteiger partial charge in [0.15, 0.2) is 5.16 Å². The Morgan fingerprint density at radius 2 is 1.81 bits per heavy atom. The van der Waals surface area contributed by atoms with Crippen molar-refractivity contribution in [1.82, 2.24) is 14.8 Å². The van der Waals surface area contributed by atoms with Crippen molar-refractivity contribution >= 4 is 40.4 Å². The van der Waals surface area contributed by atoms with E-state index in [2.05, 4.69) is 34.2 Å². The second-order valence-corrected chi connectivity index (χ2v) is 8.38. The number of carbonyl (C=O) groups is 2. The van der Waals surface area contributed by atoms with Crippen molar-refractivity contribution < 1.29 is 19.8 Å². The molecular weight excluding hydrogens is 416 g/mol. The maximum atomic E-state index is 11.1. The number of carboxylic acids is 2. The quantitative estimate of drug-likeness (QED) is 0.402. The molecule has 0 atom stereocenters. The highest BCUT2D eigenvalue weighted by Gasteiger charge is 2.26. The minimum absolute atomic E-state index is 0.0559. The third-order valence-electron chi connectivity index (χ3n) is 5.08. The fraction of sp³-hybridized carbons (Fsp3) is 0.273. The number of thioether (sulfide) groups is 1. The standard InChI is InChI=1S/C22H22N4O4S/c1-13(6-11-19(27)28)23-21-24-25-22(31-12-20(29)30)26(21)18-10-9-15(14-7-8-14)16-4-2-3-5-17(16)18/h2-5,9-10,14H,1,6-8,11-12H2,(H,23,24)(H,27,28)(H,29,30). The normalized spacial score (nSPS) is 13.3. The van der Waals surface area contributed by atoms with E-state index in [4.69, 9.17) is 10.2 Å². The first-order chi connectivity index (χ1) is 14.9. The summed E-state index contributed by atoms with van der Waals surface area (Å²) in [6, 6.07) is 12.2. The number of anilines is 1. The van der Waals surface area contributed by atoms with Gasteiger partial charge in [0, 0.05) is 11.1 Å². The third-order valence-corrected chi connectivity index (χ3v) is 5.99. The second-order valence-electron chi connectivity index (χ2n) is 7.44. The summed E-state index contributed by atoms with van der Waals surface area (Å²) in [5.74, 6) is -1.07. The van der Waals surface area contributed by atoms with Crippen LogP contribution in [-0.4, -0.2) is 42.7 Å². The SMILES string of the molecule is C=C(CCC(=O)O)Nc1nnc(SCC(=O)O)n1-c1ccc(C2CC2)c2ccccc12. The second kappa shape index (κ2) is 8.81. The van der Waals surface area contributed by atoms with Crippen molar-refractivity contribution in [2.75, 3.05) is 11.1 Å². The summed E-state index contributed by atoms with van der Waals surface area (Å²) in [7, 11) is 0. The van der Waals surface area contributed by atoms with Gasteiger partial charge in [-0.3, -0.25) is 14.2 Å². The van der Waals surface area contributed by atoms with Crippen LogP contribution < -0.4 is 5.32 Å². The molecule has 0 bridgehead atoms. The highest BCUT2D eigenvalue weighted by atomic mass is 32.2. The summed E-state index contributed by atoms with van der Waals surface area (Å²) in [5, 5.41) is 32.1. The van der Waals surface area contributed by atoms with Crippen LogP contribution in [0.1, 0.15) is 37.2 Å². The Bertz CT molecular complexity index is 1170. The molecule has 0 spiro atoms. The Morgan fingerprint density at radius 1 is 1.06 bits per heavy atom. The predicted molar refractivity (Wildman–Crippen MR) is 119 cm³/mol. The van der Waals surface area contributed by atoms with Gasteiger partial charge < -0.3 is 15.5 Å². The summed E-state index contributed by atoms with van der Waals surface area (Å²) < 4.78 is 1.78. The van der Waals surface area contributed by atoms with Crippen molar-refractivity contribution in [3.8, 4) is 5.69 Å². The van der Waals surface area contributed by atoms with Gasteiger partial charge in [0.25, 0.3) is 0 Å². The lowest BCUT2D eigenvalue weighted by Crippen LogP contribution is -2.09. The number of benzene rings is 2. The predicted octanol–water partition coefficient (Wildman–Crippen LogP) is 4.27. The molecule has 3 N–H and O–H groups in total. The summed E-state index contributed by atoms with van der Waals surface area (Å²) >= 11 is 1.07. The zero-order chi connectivity index (χ0) is 22.0. The molecule has 0 amide bonds. The highest BCUT2D eigenvalue weighted by molar-refractivity contribution is 7.99. The number of aromatic nitrogens is 3. The van der Waals surface area contributed by atoms with Crippen LogP contribution in [0.3, 0.4) is 0 Å². The number of hydrogen-bond donors (Lipinski definition) is 3. The maximum absolute atomic E-state index is 11.1. The lowest BCUT2D eigenvalue weighted by atomic mass is 9.99. The molecule has 1 saturated carbocycles. The van der Waals surface area contributed by atoms with Gasteiger partial charge in [-0.2, -0.15) is 0 Å². The molecule has 1 aliphatic rings. The first-order valence-corrected chi connectivity index (χ1v) is 10.9. The molecule has 0 radical (unpaired) electrons. The van der Waals surface area contributed by atoms with Crippen LogP contribution >= 0.6 is 11.8 Å². The minimum Gasteiger partial charge on any atom is -0.481 e. The number of aliphatic carboxylic acids is 2.